The first-order valence-electron chi connectivity index (χ1n) is 30.6. The van der Waals surface area contributed by atoms with E-state index in [0.717, 1.165) is 44.9 Å². The highest BCUT2D eigenvalue weighted by atomic mass is 16.6. The first kappa shape index (κ1) is 72.5. The predicted molar refractivity (Wildman–Crippen MR) is 313 cm³/mol. The third-order valence-corrected chi connectivity index (χ3v) is 12.9. The second kappa shape index (κ2) is 42.5. The molecule has 0 aromatic carbocycles. The van der Waals surface area contributed by atoms with Crippen molar-refractivity contribution in [3.05, 3.63) is 0 Å². The molecule has 0 aromatic rings. The third-order valence-electron chi connectivity index (χ3n) is 12.9. The largest absolute Gasteiger partial charge is 0.444 e. The molecule has 0 aromatic heterocycles. The minimum absolute atomic E-state index is 0.129. The molecule has 0 spiro atoms. The summed E-state index contributed by atoms with van der Waals surface area (Å²) in [7, 11) is 0. The number of nitrogens with two attached hydrogens (primary N) is 1. The number of carbonyl (C=O) groups excluding carboxylic acids is 5. The monoisotopic (exact) mass is 1080 g/mol. The Morgan fingerprint density at radius 1 is 0.408 bits per heavy atom. The highest BCUT2D eigenvalue weighted by molar-refractivity contribution is 5.75. The molecule has 0 aliphatic heterocycles. The van der Waals surface area contributed by atoms with Crippen LogP contribution in [0.15, 0.2) is 0 Å². The lowest BCUT2D eigenvalue weighted by Gasteiger charge is -2.35. The second-order valence-electron chi connectivity index (χ2n) is 25.8. The van der Waals surface area contributed by atoms with Crippen LogP contribution in [-0.4, -0.2) is 102 Å². The number of nitrogens with zero attached hydrogens (tertiary/aromatic N) is 1. The molecule has 0 heterocycles. The molecule has 15 nitrogen and oxygen atoms in total. The number of hydrogen-bond acceptors (Lipinski definition) is 10. The molecule has 6 N–H and O–H groups in total. The minimum atomic E-state index is -0.725. The minimum Gasteiger partial charge on any atom is -0.444 e. The van der Waals surface area contributed by atoms with E-state index in [1.54, 1.807) is 4.90 Å². The van der Waals surface area contributed by atoms with Crippen LogP contribution >= 0.6 is 0 Å². The number of amides is 5. The van der Waals surface area contributed by atoms with Gasteiger partial charge in [0.15, 0.2) is 0 Å². The first-order chi connectivity index (χ1) is 35.7. The van der Waals surface area contributed by atoms with Gasteiger partial charge in [0.25, 0.3) is 0 Å². The lowest BCUT2D eigenvalue weighted by atomic mass is 9.89. The summed E-state index contributed by atoms with van der Waals surface area (Å²) >= 11 is 0. The summed E-state index contributed by atoms with van der Waals surface area (Å²) in [5, 5.41) is 11.9. The van der Waals surface area contributed by atoms with Gasteiger partial charge in [0.1, 0.15) is 22.4 Å². The van der Waals surface area contributed by atoms with E-state index in [1.807, 2.05) is 83.1 Å². The van der Waals surface area contributed by atoms with Crippen molar-refractivity contribution in [2.45, 2.75) is 324 Å². The highest BCUT2D eigenvalue weighted by Crippen LogP contribution is 2.24. The molecule has 3 unspecified atom stereocenters. The van der Waals surface area contributed by atoms with Gasteiger partial charge in [-0.1, -0.05) is 135 Å². The Hall–Kier alpha value is -3.49. The molecule has 0 aliphatic rings. The molecule has 15 heteroatoms. The van der Waals surface area contributed by atoms with E-state index in [9.17, 15) is 24.0 Å². The standard InChI is InChI=1S/C61H120N6O9/c1-50(62)41-33-29-27-25-23-21-19-17-15-14-16-18-20-22-24-26-28-30-35-44-53(68)63-45-37-32-31-34-42-51(49-67(57(72)76-61(11,12)13)48-40-39-47-65-55(70)74-59(5,6)7)52(66-56(71)75-60(8,9)10)43-36-38-46-64-54(69)73-58(2,3)4/h50-52H,14-49,62H2,1-13H3,(H,63,68)(H,64,69)(H,65,70)(H,66,71). The number of nitrogens with one attached hydrogen (secondary N) is 4. The highest BCUT2D eigenvalue weighted by Gasteiger charge is 2.31. The summed E-state index contributed by atoms with van der Waals surface area (Å²) in [5.41, 5.74) is 3.19. The van der Waals surface area contributed by atoms with Crippen molar-refractivity contribution in [3.63, 3.8) is 0 Å². The second-order valence-corrected chi connectivity index (χ2v) is 25.8. The summed E-state index contributed by atoms with van der Waals surface area (Å²) in [6.45, 7) is 26.2. The van der Waals surface area contributed by atoms with Crippen molar-refractivity contribution in [2.75, 3.05) is 32.7 Å². The Kier molecular flexibility index (Phi) is 40.5. The molecule has 3 atom stereocenters. The molecule has 0 saturated carbocycles. The molecule has 0 fully saturated rings. The van der Waals surface area contributed by atoms with Gasteiger partial charge in [-0.2, -0.15) is 0 Å². The van der Waals surface area contributed by atoms with Gasteiger partial charge in [-0.15, -0.1) is 0 Å². The average molecular weight is 1080 g/mol. The van der Waals surface area contributed by atoms with Crippen LogP contribution in [-0.2, 0) is 23.7 Å². The molecule has 0 bridgehead atoms. The maximum absolute atomic E-state index is 13.9. The third kappa shape index (κ3) is 50.0. The average Bonchev–Trinajstić information content (AvgIpc) is 3.27. The van der Waals surface area contributed by atoms with E-state index in [4.69, 9.17) is 24.7 Å². The zero-order valence-electron chi connectivity index (χ0n) is 51.4. The normalized spacial score (nSPS) is 13.3. The van der Waals surface area contributed by atoms with Crippen molar-refractivity contribution in [1.29, 1.82) is 0 Å². The molecule has 0 saturated heterocycles. The maximum atomic E-state index is 13.9. The molecule has 0 radical (unpaired) electrons. The van der Waals surface area contributed by atoms with Gasteiger partial charge in [0, 0.05) is 51.2 Å². The number of hydrogen-bond donors (Lipinski definition) is 5. The van der Waals surface area contributed by atoms with Gasteiger partial charge in [-0.25, -0.2) is 19.2 Å². The van der Waals surface area contributed by atoms with E-state index >= 15 is 0 Å². The molecule has 76 heavy (non-hydrogen) atoms. The fraction of sp³-hybridized carbons (Fsp3) is 0.918. The van der Waals surface area contributed by atoms with Crippen LogP contribution < -0.4 is 27.0 Å². The van der Waals surface area contributed by atoms with E-state index in [2.05, 4.69) is 28.2 Å². The summed E-state index contributed by atoms with van der Waals surface area (Å²) in [5.74, 6) is -0.0289. The number of ether oxygens (including phenoxy) is 4. The van der Waals surface area contributed by atoms with Gasteiger partial charge in [-0.3, -0.25) is 4.79 Å². The maximum Gasteiger partial charge on any atom is 0.410 e. The topological polar surface area (TPSA) is 200 Å². The smallest absolute Gasteiger partial charge is 0.410 e. The van der Waals surface area contributed by atoms with Crippen molar-refractivity contribution >= 4 is 30.3 Å². The van der Waals surface area contributed by atoms with Crippen LogP contribution in [0.4, 0.5) is 19.2 Å². The van der Waals surface area contributed by atoms with Crippen LogP contribution in [0, 0.1) is 5.92 Å². The predicted octanol–water partition coefficient (Wildman–Crippen LogP) is 15.3. The van der Waals surface area contributed by atoms with Gasteiger partial charge < -0.3 is 50.8 Å². The van der Waals surface area contributed by atoms with Gasteiger partial charge >= 0.3 is 24.4 Å². The van der Waals surface area contributed by atoms with Crippen molar-refractivity contribution in [1.82, 2.24) is 26.2 Å². The van der Waals surface area contributed by atoms with Crippen LogP contribution in [0.1, 0.15) is 289 Å². The van der Waals surface area contributed by atoms with Crippen LogP contribution in [0.5, 0.6) is 0 Å². The van der Waals surface area contributed by atoms with Gasteiger partial charge in [-0.05, 0) is 154 Å². The van der Waals surface area contributed by atoms with E-state index in [0.29, 0.717) is 77.3 Å². The number of carbonyl (C=O) groups is 5. The van der Waals surface area contributed by atoms with Crippen LogP contribution in [0.25, 0.3) is 0 Å². The van der Waals surface area contributed by atoms with E-state index in [-0.39, 0.29) is 17.9 Å². The molecule has 0 rings (SSSR count). The number of rotatable bonds is 43. The Morgan fingerprint density at radius 3 is 1.18 bits per heavy atom. The summed E-state index contributed by atoms with van der Waals surface area (Å²) in [6, 6.07) is 0.00146. The van der Waals surface area contributed by atoms with Crippen molar-refractivity contribution < 1.29 is 42.9 Å². The van der Waals surface area contributed by atoms with E-state index < -0.39 is 46.8 Å². The van der Waals surface area contributed by atoms with Gasteiger partial charge in [0.05, 0.1) is 0 Å². The zero-order valence-corrected chi connectivity index (χ0v) is 51.4. The Labute approximate surface area is 465 Å². The molecule has 0 aliphatic carbocycles. The molecular formula is C61H120N6O9. The molecule has 448 valence electrons. The number of alkyl carbamates (subject to hydrolysis) is 3. The first-order valence-corrected chi connectivity index (χ1v) is 30.6. The fourth-order valence-corrected chi connectivity index (χ4v) is 9.06. The van der Waals surface area contributed by atoms with Crippen molar-refractivity contribution in [3.8, 4) is 0 Å². The van der Waals surface area contributed by atoms with Crippen LogP contribution in [0.2, 0.25) is 0 Å². The summed E-state index contributed by atoms with van der Waals surface area (Å²) in [4.78, 5) is 66.3. The quantitative estimate of drug-likeness (QED) is 0.0289. The van der Waals surface area contributed by atoms with E-state index in [1.165, 1.54) is 116 Å². The van der Waals surface area contributed by atoms with Gasteiger partial charge in [0.2, 0.25) is 5.91 Å². The summed E-state index contributed by atoms with van der Waals surface area (Å²) < 4.78 is 22.5. The fourth-order valence-electron chi connectivity index (χ4n) is 9.06. The molecule has 5 amide bonds. The lowest BCUT2D eigenvalue weighted by Crippen LogP contribution is -2.48. The molecular weight excluding hydrogens is 961 g/mol. The lowest BCUT2D eigenvalue weighted by molar-refractivity contribution is -0.121. The Morgan fingerprint density at radius 2 is 0.750 bits per heavy atom. The Balaban J connectivity index is 5.14. The van der Waals surface area contributed by atoms with Crippen molar-refractivity contribution in [2.24, 2.45) is 11.7 Å². The number of unbranched alkanes of at least 4 members (excludes halogenated alkanes) is 23. The SMILES string of the molecule is CC(N)CCCCCCCCCCCCCCCCCCCCCC(=O)NCCCCCCC(CN(CCCCNC(=O)OC(C)(C)C)C(=O)OC(C)(C)C)C(CCCCNC(=O)OC(C)(C)C)NC(=O)OC(C)(C)C. The summed E-state index contributed by atoms with van der Waals surface area (Å²) in [6.07, 6.45) is 32.2. The van der Waals surface area contributed by atoms with Crippen LogP contribution in [0.3, 0.4) is 0 Å². The Bertz CT molecular complexity index is 1500. The zero-order chi connectivity index (χ0) is 57.3.